The molecule has 0 atom stereocenters. The number of benzene rings is 2. The Morgan fingerprint density at radius 1 is 0.762 bits per heavy atom. The van der Waals surface area contributed by atoms with E-state index < -0.39 is 0 Å². The van der Waals surface area contributed by atoms with E-state index in [0.717, 1.165) is 18.4 Å². The Labute approximate surface area is 124 Å². The van der Waals surface area contributed by atoms with Gasteiger partial charge in [0.2, 0.25) is 11.8 Å². The minimum Gasteiger partial charge on any atom is -0.421 e. The summed E-state index contributed by atoms with van der Waals surface area (Å²) in [5, 5.41) is 8.12. The van der Waals surface area contributed by atoms with Crippen LogP contribution in [0.3, 0.4) is 0 Å². The smallest absolute Gasteiger partial charge is 0.240 e. The lowest BCUT2D eigenvalue weighted by Crippen LogP contribution is -1.90. The van der Waals surface area contributed by atoms with Gasteiger partial charge in [-0.3, -0.25) is 0 Å². The van der Waals surface area contributed by atoms with Crippen LogP contribution < -0.4 is 0 Å². The number of aryl methyl sites for hydroxylation is 2. The molecule has 3 rings (SSSR count). The van der Waals surface area contributed by atoms with Crippen LogP contribution in [0.25, 0.3) is 12.2 Å². The average molecular weight is 276 g/mol. The molecule has 0 bridgehead atoms. The predicted octanol–water partition coefficient (Wildman–Crippen LogP) is 4.03. The maximum Gasteiger partial charge on any atom is 0.240 e. The molecule has 1 aromatic heterocycles. The van der Waals surface area contributed by atoms with Gasteiger partial charge in [0.05, 0.1) is 0 Å². The summed E-state index contributed by atoms with van der Waals surface area (Å²) in [6.45, 7) is 0. The van der Waals surface area contributed by atoms with Gasteiger partial charge >= 0.3 is 0 Å². The number of hydrogen-bond acceptors (Lipinski definition) is 3. The number of hydrogen-bond donors (Lipinski definition) is 0. The lowest BCUT2D eigenvalue weighted by Gasteiger charge is -1.96. The summed E-state index contributed by atoms with van der Waals surface area (Å²) in [6.07, 6.45) is 5.48. The maximum atomic E-state index is 5.62. The lowest BCUT2D eigenvalue weighted by atomic mass is 10.1. The van der Waals surface area contributed by atoms with Crippen molar-refractivity contribution in [2.24, 2.45) is 0 Å². The monoisotopic (exact) mass is 276 g/mol. The highest BCUT2D eigenvalue weighted by molar-refractivity contribution is 5.65. The molecule has 0 aliphatic heterocycles. The van der Waals surface area contributed by atoms with E-state index in [2.05, 4.69) is 22.3 Å². The van der Waals surface area contributed by atoms with Crippen LogP contribution in [-0.2, 0) is 12.8 Å². The van der Waals surface area contributed by atoms with E-state index in [-0.39, 0.29) is 0 Å². The van der Waals surface area contributed by atoms with Crippen molar-refractivity contribution in [2.75, 3.05) is 0 Å². The third-order valence-electron chi connectivity index (χ3n) is 3.17. The second-order valence-electron chi connectivity index (χ2n) is 4.76. The van der Waals surface area contributed by atoms with E-state index in [1.807, 2.05) is 60.7 Å². The van der Waals surface area contributed by atoms with E-state index in [9.17, 15) is 0 Å². The topological polar surface area (TPSA) is 38.9 Å². The van der Waals surface area contributed by atoms with Crippen molar-refractivity contribution in [1.29, 1.82) is 0 Å². The van der Waals surface area contributed by atoms with Crippen molar-refractivity contribution in [1.82, 2.24) is 10.2 Å². The molecule has 0 amide bonds. The largest absolute Gasteiger partial charge is 0.421 e. The molecule has 0 radical (unpaired) electrons. The third-order valence-corrected chi connectivity index (χ3v) is 3.17. The van der Waals surface area contributed by atoms with Crippen LogP contribution in [0.5, 0.6) is 0 Å². The van der Waals surface area contributed by atoms with E-state index in [1.54, 1.807) is 0 Å². The van der Waals surface area contributed by atoms with Gasteiger partial charge in [-0.25, -0.2) is 0 Å². The Kier molecular flexibility index (Phi) is 4.22. The molecular formula is C18H16N2O. The highest BCUT2D eigenvalue weighted by Gasteiger charge is 2.03. The van der Waals surface area contributed by atoms with Crippen molar-refractivity contribution >= 4 is 12.2 Å². The zero-order valence-corrected chi connectivity index (χ0v) is 11.6. The molecule has 1 heterocycles. The molecule has 0 fully saturated rings. The zero-order valence-electron chi connectivity index (χ0n) is 11.6. The van der Waals surface area contributed by atoms with Crippen LogP contribution in [0.1, 0.15) is 22.9 Å². The Morgan fingerprint density at radius 3 is 2.24 bits per heavy atom. The van der Waals surface area contributed by atoms with E-state index in [4.69, 9.17) is 4.42 Å². The number of nitrogens with zero attached hydrogens (tertiary/aromatic N) is 2. The molecular weight excluding hydrogens is 260 g/mol. The number of rotatable bonds is 5. The molecule has 21 heavy (non-hydrogen) atoms. The summed E-state index contributed by atoms with van der Waals surface area (Å²) in [5.41, 5.74) is 2.39. The molecule has 0 saturated carbocycles. The Morgan fingerprint density at radius 2 is 1.48 bits per heavy atom. The molecule has 0 saturated heterocycles. The van der Waals surface area contributed by atoms with Crippen LogP contribution in [0, 0.1) is 0 Å². The first-order valence-corrected chi connectivity index (χ1v) is 6.99. The fraction of sp³-hybridized carbons (Fsp3) is 0.111. The molecule has 0 unspecified atom stereocenters. The lowest BCUT2D eigenvalue weighted by molar-refractivity contribution is 0.484. The molecule has 2 aromatic carbocycles. The minimum atomic E-state index is 0.543. The average Bonchev–Trinajstić information content (AvgIpc) is 3.01. The molecule has 0 spiro atoms. The quantitative estimate of drug-likeness (QED) is 0.706. The zero-order chi connectivity index (χ0) is 14.3. The highest BCUT2D eigenvalue weighted by Crippen LogP contribution is 2.09. The molecule has 0 aliphatic rings. The van der Waals surface area contributed by atoms with Gasteiger partial charge in [-0.2, -0.15) is 0 Å². The molecule has 3 heteroatoms. The van der Waals surface area contributed by atoms with Crippen LogP contribution >= 0.6 is 0 Å². The van der Waals surface area contributed by atoms with Crippen molar-refractivity contribution in [2.45, 2.75) is 12.8 Å². The third kappa shape index (κ3) is 3.89. The first-order valence-electron chi connectivity index (χ1n) is 6.99. The second-order valence-corrected chi connectivity index (χ2v) is 4.76. The highest BCUT2D eigenvalue weighted by atomic mass is 16.4. The van der Waals surface area contributed by atoms with Crippen molar-refractivity contribution in [3.05, 3.63) is 83.6 Å². The van der Waals surface area contributed by atoms with Gasteiger partial charge < -0.3 is 4.42 Å². The van der Waals surface area contributed by atoms with Gasteiger partial charge in [0, 0.05) is 12.5 Å². The Bertz CT molecular complexity index is 702. The van der Waals surface area contributed by atoms with Crippen molar-refractivity contribution in [3.8, 4) is 0 Å². The standard InChI is InChI=1S/C18H16N2O/c1-3-7-15(8-4-1)11-13-17-19-20-18(21-17)14-12-16-9-5-2-6-10-16/h1-11,13H,12,14H2/b13-11+. The summed E-state index contributed by atoms with van der Waals surface area (Å²) >= 11 is 0. The van der Waals surface area contributed by atoms with Crippen LogP contribution in [0.4, 0.5) is 0 Å². The second kappa shape index (κ2) is 6.66. The molecule has 0 aliphatic carbocycles. The molecule has 3 nitrogen and oxygen atoms in total. The van der Waals surface area contributed by atoms with Gasteiger partial charge in [0.15, 0.2) is 0 Å². The van der Waals surface area contributed by atoms with Crippen LogP contribution in [-0.4, -0.2) is 10.2 Å². The molecule has 0 N–H and O–H groups in total. The summed E-state index contributed by atoms with van der Waals surface area (Å²) < 4.78 is 5.62. The maximum absolute atomic E-state index is 5.62. The van der Waals surface area contributed by atoms with Gasteiger partial charge in [0.25, 0.3) is 0 Å². The summed E-state index contributed by atoms with van der Waals surface area (Å²) in [7, 11) is 0. The van der Waals surface area contributed by atoms with Crippen LogP contribution in [0.2, 0.25) is 0 Å². The van der Waals surface area contributed by atoms with Gasteiger partial charge in [-0.1, -0.05) is 60.7 Å². The fourth-order valence-electron chi connectivity index (χ4n) is 2.06. The first-order chi connectivity index (χ1) is 10.4. The van der Waals surface area contributed by atoms with Crippen molar-refractivity contribution in [3.63, 3.8) is 0 Å². The Hall–Kier alpha value is -2.68. The molecule has 104 valence electrons. The van der Waals surface area contributed by atoms with E-state index in [1.165, 1.54) is 5.56 Å². The Balaban J connectivity index is 1.60. The fourth-order valence-corrected chi connectivity index (χ4v) is 2.06. The normalized spacial score (nSPS) is 11.0. The van der Waals surface area contributed by atoms with Gasteiger partial charge in [-0.15, -0.1) is 10.2 Å². The number of aromatic nitrogens is 2. The summed E-state index contributed by atoms with van der Waals surface area (Å²) in [4.78, 5) is 0. The van der Waals surface area contributed by atoms with Gasteiger partial charge in [-0.05, 0) is 23.6 Å². The predicted molar refractivity (Wildman–Crippen MR) is 83.5 cm³/mol. The van der Waals surface area contributed by atoms with Crippen LogP contribution in [0.15, 0.2) is 65.1 Å². The van der Waals surface area contributed by atoms with Crippen molar-refractivity contribution < 1.29 is 4.42 Å². The SMILES string of the molecule is C(=C\c1nnc(CCc2ccccc2)o1)/c1ccccc1. The summed E-state index contributed by atoms with van der Waals surface area (Å²) in [6, 6.07) is 20.4. The first kappa shape index (κ1) is 13.3. The minimum absolute atomic E-state index is 0.543. The van der Waals surface area contributed by atoms with E-state index >= 15 is 0 Å². The van der Waals surface area contributed by atoms with E-state index in [0.29, 0.717) is 11.8 Å². The summed E-state index contributed by atoms with van der Waals surface area (Å²) in [5.74, 6) is 1.22. The molecule has 3 aromatic rings. The van der Waals surface area contributed by atoms with Gasteiger partial charge in [0.1, 0.15) is 0 Å².